The Bertz CT molecular complexity index is 588. The Labute approximate surface area is 112 Å². The number of benzene rings is 2. The van der Waals surface area contributed by atoms with Gasteiger partial charge in [-0.1, -0.05) is 18.2 Å². The van der Waals surface area contributed by atoms with E-state index < -0.39 is 0 Å². The summed E-state index contributed by atoms with van der Waals surface area (Å²) in [5.41, 5.74) is 3.91. The number of aromatic hydroxyl groups is 1. The van der Waals surface area contributed by atoms with Gasteiger partial charge in [0.25, 0.3) is 5.91 Å². The molecule has 0 radical (unpaired) electrons. The molecule has 0 saturated heterocycles. The minimum atomic E-state index is -0.0869. The Morgan fingerprint density at radius 3 is 2.37 bits per heavy atom. The Hall–Kier alpha value is -2.29. The highest BCUT2D eigenvalue weighted by molar-refractivity contribution is 5.94. The molecule has 0 bridgehead atoms. The van der Waals surface area contributed by atoms with E-state index in [2.05, 4.69) is 5.32 Å². The SMILES string of the molecule is Cc1ccc(C(=O)NCc2ccc(O)cc2)cc1C. The Morgan fingerprint density at radius 1 is 1.05 bits per heavy atom. The summed E-state index contributed by atoms with van der Waals surface area (Å²) < 4.78 is 0. The fraction of sp³-hybridized carbons (Fsp3) is 0.188. The van der Waals surface area contributed by atoms with Crippen molar-refractivity contribution in [2.75, 3.05) is 0 Å². The van der Waals surface area contributed by atoms with E-state index in [-0.39, 0.29) is 11.7 Å². The van der Waals surface area contributed by atoms with Gasteiger partial charge in [0.15, 0.2) is 0 Å². The van der Waals surface area contributed by atoms with E-state index in [0.29, 0.717) is 12.1 Å². The van der Waals surface area contributed by atoms with Crippen LogP contribution >= 0.6 is 0 Å². The molecular weight excluding hydrogens is 238 g/mol. The number of nitrogens with one attached hydrogen (secondary N) is 1. The first-order valence-corrected chi connectivity index (χ1v) is 6.19. The van der Waals surface area contributed by atoms with E-state index in [4.69, 9.17) is 0 Å². The Kier molecular flexibility index (Phi) is 3.85. The minimum Gasteiger partial charge on any atom is -0.508 e. The molecule has 3 heteroatoms. The Morgan fingerprint density at radius 2 is 1.74 bits per heavy atom. The molecule has 19 heavy (non-hydrogen) atoms. The highest BCUT2D eigenvalue weighted by atomic mass is 16.3. The van der Waals surface area contributed by atoms with Crippen LogP contribution in [0.1, 0.15) is 27.0 Å². The number of carbonyl (C=O) groups is 1. The third-order valence-electron chi connectivity index (χ3n) is 3.16. The summed E-state index contributed by atoms with van der Waals surface area (Å²) in [5.74, 6) is 0.139. The zero-order valence-electron chi connectivity index (χ0n) is 11.1. The number of rotatable bonds is 3. The Balaban J connectivity index is 2.01. The molecule has 0 aromatic heterocycles. The van der Waals surface area contributed by atoms with Crippen molar-refractivity contribution < 1.29 is 9.90 Å². The number of hydrogen-bond acceptors (Lipinski definition) is 2. The van der Waals surface area contributed by atoms with E-state index in [1.165, 1.54) is 5.56 Å². The third kappa shape index (κ3) is 3.35. The quantitative estimate of drug-likeness (QED) is 0.886. The fourth-order valence-electron chi connectivity index (χ4n) is 1.78. The first-order valence-electron chi connectivity index (χ1n) is 6.19. The van der Waals surface area contributed by atoms with Crippen LogP contribution in [0.25, 0.3) is 0 Å². The van der Waals surface area contributed by atoms with E-state index in [1.54, 1.807) is 24.3 Å². The lowest BCUT2D eigenvalue weighted by atomic mass is 10.1. The van der Waals surface area contributed by atoms with Crippen molar-refractivity contribution in [3.8, 4) is 5.75 Å². The molecule has 0 heterocycles. The topological polar surface area (TPSA) is 49.3 Å². The molecule has 1 amide bonds. The van der Waals surface area contributed by atoms with Gasteiger partial charge in [-0.25, -0.2) is 0 Å². The second kappa shape index (κ2) is 5.57. The maximum Gasteiger partial charge on any atom is 0.251 e. The van der Waals surface area contributed by atoms with Gasteiger partial charge in [0.1, 0.15) is 5.75 Å². The molecule has 0 saturated carbocycles. The van der Waals surface area contributed by atoms with Crippen LogP contribution in [0.5, 0.6) is 5.75 Å². The molecule has 2 rings (SSSR count). The van der Waals surface area contributed by atoms with Crippen LogP contribution in [0.4, 0.5) is 0 Å². The average Bonchev–Trinajstić information content (AvgIpc) is 2.41. The minimum absolute atomic E-state index is 0.0869. The van der Waals surface area contributed by atoms with E-state index in [1.807, 2.05) is 32.0 Å². The van der Waals surface area contributed by atoms with Gasteiger partial charge in [0.05, 0.1) is 0 Å². The first-order chi connectivity index (χ1) is 9.06. The first kappa shape index (κ1) is 13.1. The standard InChI is InChI=1S/C16H17NO2/c1-11-3-6-14(9-12(11)2)16(19)17-10-13-4-7-15(18)8-5-13/h3-9,18H,10H2,1-2H3,(H,17,19). The van der Waals surface area contributed by atoms with Crippen LogP contribution in [0.15, 0.2) is 42.5 Å². The summed E-state index contributed by atoms with van der Waals surface area (Å²) in [6.45, 7) is 4.46. The average molecular weight is 255 g/mol. The van der Waals surface area contributed by atoms with Crippen LogP contribution < -0.4 is 5.32 Å². The number of phenolic OH excluding ortho intramolecular Hbond substituents is 1. The molecule has 0 aliphatic rings. The summed E-state index contributed by atoms with van der Waals surface area (Å²) in [6.07, 6.45) is 0. The highest BCUT2D eigenvalue weighted by Gasteiger charge is 2.06. The number of carbonyl (C=O) groups excluding carboxylic acids is 1. The zero-order chi connectivity index (χ0) is 13.8. The molecule has 0 aliphatic heterocycles. The van der Waals surface area contributed by atoms with Crippen LogP contribution in [-0.2, 0) is 6.54 Å². The largest absolute Gasteiger partial charge is 0.508 e. The number of aryl methyl sites for hydroxylation is 2. The molecule has 0 aliphatic carbocycles. The third-order valence-corrected chi connectivity index (χ3v) is 3.16. The van der Waals surface area contributed by atoms with E-state index in [0.717, 1.165) is 11.1 Å². The molecule has 0 fully saturated rings. The highest BCUT2D eigenvalue weighted by Crippen LogP contribution is 2.11. The predicted molar refractivity (Wildman–Crippen MR) is 75.2 cm³/mol. The molecule has 0 spiro atoms. The van der Waals surface area contributed by atoms with Crippen molar-refractivity contribution in [3.05, 3.63) is 64.7 Å². The lowest BCUT2D eigenvalue weighted by molar-refractivity contribution is 0.0951. The summed E-state index contributed by atoms with van der Waals surface area (Å²) in [5, 5.41) is 12.0. The molecule has 2 N–H and O–H groups in total. The second-order valence-electron chi connectivity index (χ2n) is 4.65. The van der Waals surface area contributed by atoms with Crippen molar-refractivity contribution >= 4 is 5.91 Å². The van der Waals surface area contributed by atoms with Crippen LogP contribution in [-0.4, -0.2) is 11.0 Å². The molecule has 3 nitrogen and oxygen atoms in total. The summed E-state index contributed by atoms with van der Waals surface area (Å²) in [7, 11) is 0. The maximum absolute atomic E-state index is 12.0. The smallest absolute Gasteiger partial charge is 0.251 e. The van der Waals surface area contributed by atoms with Crippen LogP contribution in [0.3, 0.4) is 0 Å². The second-order valence-corrected chi connectivity index (χ2v) is 4.65. The normalized spacial score (nSPS) is 10.2. The van der Waals surface area contributed by atoms with Crippen molar-refractivity contribution in [2.24, 2.45) is 0 Å². The van der Waals surface area contributed by atoms with Gasteiger partial charge in [-0.05, 0) is 54.8 Å². The fourth-order valence-corrected chi connectivity index (χ4v) is 1.78. The van der Waals surface area contributed by atoms with Gasteiger partial charge in [-0.3, -0.25) is 4.79 Å². The van der Waals surface area contributed by atoms with Gasteiger partial charge in [0, 0.05) is 12.1 Å². The van der Waals surface area contributed by atoms with Crippen molar-refractivity contribution in [1.29, 1.82) is 0 Å². The lowest BCUT2D eigenvalue weighted by Crippen LogP contribution is -2.22. The predicted octanol–water partition coefficient (Wildman–Crippen LogP) is 2.94. The van der Waals surface area contributed by atoms with Crippen molar-refractivity contribution in [2.45, 2.75) is 20.4 Å². The van der Waals surface area contributed by atoms with Gasteiger partial charge in [0.2, 0.25) is 0 Å². The van der Waals surface area contributed by atoms with Gasteiger partial charge in [-0.15, -0.1) is 0 Å². The van der Waals surface area contributed by atoms with Crippen molar-refractivity contribution in [1.82, 2.24) is 5.32 Å². The molecule has 98 valence electrons. The summed E-state index contributed by atoms with van der Waals surface area (Å²) in [6, 6.07) is 12.5. The molecule has 2 aromatic rings. The van der Waals surface area contributed by atoms with Gasteiger partial charge < -0.3 is 10.4 Å². The molecular formula is C16H17NO2. The van der Waals surface area contributed by atoms with Gasteiger partial charge >= 0.3 is 0 Å². The zero-order valence-corrected chi connectivity index (χ0v) is 11.1. The lowest BCUT2D eigenvalue weighted by Gasteiger charge is -2.07. The maximum atomic E-state index is 12.0. The van der Waals surface area contributed by atoms with Crippen LogP contribution in [0.2, 0.25) is 0 Å². The van der Waals surface area contributed by atoms with Crippen molar-refractivity contribution in [3.63, 3.8) is 0 Å². The molecule has 2 aromatic carbocycles. The van der Waals surface area contributed by atoms with E-state index in [9.17, 15) is 9.90 Å². The number of phenols is 1. The summed E-state index contributed by atoms with van der Waals surface area (Å²) >= 11 is 0. The number of amides is 1. The molecule has 0 atom stereocenters. The van der Waals surface area contributed by atoms with Gasteiger partial charge in [-0.2, -0.15) is 0 Å². The molecule has 0 unspecified atom stereocenters. The van der Waals surface area contributed by atoms with Crippen LogP contribution in [0, 0.1) is 13.8 Å². The van der Waals surface area contributed by atoms with E-state index >= 15 is 0 Å². The monoisotopic (exact) mass is 255 g/mol. The number of hydrogen-bond donors (Lipinski definition) is 2. The summed E-state index contributed by atoms with van der Waals surface area (Å²) in [4.78, 5) is 12.0.